The molecule has 0 aliphatic carbocycles. The zero-order valence-corrected chi connectivity index (χ0v) is 10.9. The van der Waals surface area contributed by atoms with Crippen LogP contribution in [0.15, 0.2) is 22.7 Å². The Morgan fingerprint density at radius 1 is 1.56 bits per heavy atom. The van der Waals surface area contributed by atoms with Crippen LogP contribution in [0.1, 0.15) is 23.7 Å². The van der Waals surface area contributed by atoms with Crippen LogP contribution in [0, 0.1) is 11.7 Å². The van der Waals surface area contributed by atoms with Gasteiger partial charge in [-0.2, -0.15) is 0 Å². The molecule has 0 heterocycles. The first-order valence-corrected chi connectivity index (χ1v) is 5.83. The van der Waals surface area contributed by atoms with E-state index in [9.17, 15) is 9.18 Å². The van der Waals surface area contributed by atoms with Crippen molar-refractivity contribution in [2.24, 2.45) is 5.92 Å². The first-order chi connectivity index (χ1) is 7.56. The number of hydrogen-bond donors (Lipinski definition) is 0. The van der Waals surface area contributed by atoms with Gasteiger partial charge in [-0.3, -0.25) is 4.79 Å². The highest BCUT2D eigenvalue weighted by Gasteiger charge is 2.18. The molecule has 0 bridgehead atoms. The molecule has 0 N–H and O–H groups in total. The molecule has 0 aliphatic rings. The minimum Gasteiger partial charge on any atom is -0.385 e. The third-order valence-electron chi connectivity index (χ3n) is 2.40. The van der Waals surface area contributed by atoms with Crippen LogP contribution in [0.25, 0.3) is 0 Å². The summed E-state index contributed by atoms with van der Waals surface area (Å²) in [6.07, 6.45) is 0.602. The summed E-state index contributed by atoms with van der Waals surface area (Å²) in [4.78, 5) is 11.9. The minimum absolute atomic E-state index is 0.145. The fraction of sp³-hybridized carbons (Fsp3) is 0.417. The highest BCUT2D eigenvalue weighted by molar-refractivity contribution is 9.10. The number of Topliss-reactive ketones (excluding diaryl/α,β-unsaturated/α-hetero) is 1. The minimum atomic E-state index is -0.483. The molecule has 1 atom stereocenters. The third kappa shape index (κ3) is 3.39. The first kappa shape index (κ1) is 13.3. The van der Waals surface area contributed by atoms with Crippen LogP contribution >= 0.6 is 15.9 Å². The van der Waals surface area contributed by atoms with E-state index in [4.69, 9.17) is 4.74 Å². The molecule has 88 valence electrons. The number of halogens is 2. The summed E-state index contributed by atoms with van der Waals surface area (Å²) in [7, 11) is 1.58. The van der Waals surface area contributed by atoms with Crippen molar-refractivity contribution in [1.82, 2.24) is 0 Å². The second kappa shape index (κ2) is 6.11. The molecule has 0 amide bonds. The van der Waals surface area contributed by atoms with Crippen molar-refractivity contribution in [1.29, 1.82) is 0 Å². The maximum absolute atomic E-state index is 13.5. The van der Waals surface area contributed by atoms with E-state index in [2.05, 4.69) is 15.9 Å². The van der Waals surface area contributed by atoms with E-state index in [1.165, 1.54) is 12.1 Å². The number of hydrogen-bond acceptors (Lipinski definition) is 2. The zero-order valence-electron chi connectivity index (χ0n) is 9.30. The van der Waals surface area contributed by atoms with Crippen LogP contribution in [0.5, 0.6) is 0 Å². The lowest BCUT2D eigenvalue weighted by atomic mass is 9.96. The fourth-order valence-electron chi connectivity index (χ4n) is 1.38. The zero-order chi connectivity index (χ0) is 12.1. The second-order valence-corrected chi connectivity index (χ2v) is 4.59. The Bertz CT molecular complexity index is 379. The Hall–Kier alpha value is -0.740. The molecule has 0 fully saturated rings. The predicted octanol–water partition coefficient (Wildman–Crippen LogP) is 3.44. The number of benzene rings is 1. The number of ketones is 1. The van der Waals surface area contributed by atoms with Crippen molar-refractivity contribution in [3.05, 3.63) is 34.1 Å². The fourth-order valence-corrected chi connectivity index (χ4v) is 1.71. The Labute approximate surface area is 103 Å². The highest BCUT2D eigenvalue weighted by Crippen LogP contribution is 2.19. The Kier molecular flexibility index (Phi) is 5.09. The Morgan fingerprint density at radius 2 is 2.25 bits per heavy atom. The number of carbonyl (C=O) groups excluding carboxylic acids is 1. The molecule has 2 nitrogen and oxygen atoms in total. The lowest BCUT2D eigenvalue weighted by Crippen LogP contribution is -2.14. The largest absolute Gasteiger partial charge is 0.385 e. The van der Waals surface area contributed by atoms with Crippen molar-refractivity contribution < 1.29 is 13.9 Å². The Balaban J connectivity index is 2.79. The maximum Gasteiger partial charge on any atom is 0.168 e. The predicted molar refractivity (Wildman–Crippen MR) is 64.1 cm³/mol. The first-order valence-electron chi connectivity index (χ1n) is 5.04. The SMILES string of the molecule is COCCC(C)C(=O)c1ccc(Br)cc1F. The third-order valence-corrected chi connectivity index (χ3v) is 2.89. The molecule has 1 rings (SSSR count). The number of carbonyl (C=O) groups is 1. The summed E-state index contributed by atoms with van der Waals surface area (Å²) in [5.74, 6) is -0.888. The lowest BCUT2D eigenvalue weighted by molar-refractivity contribution is 0.0889. The van der Waals surface area contributed by atoms with Crippen LogP contribution in [-0.4, -0.2) is 19.5 Å². The molecule has 1 aromatic carbocycles. The van der Waals surface area contributed by atoms with Crippen LogP contribution in [0.4, 0.5) is 4.39 Å². The molecule has 0 aromatic heterocycles. The van der Waals surface area contributed by atoms with E-state index >= 15 is 0 Å². The highest BCUT2D eigenvalue weighted by atomic mass is 79.9. The van der Waals surface area contributed by atoms with Crippen molar-refractivity contribution in [3.63, 3.8) is 0 Å². The van der Waals surface area contributed by atoms with Crippen molar-refractivity contribution in [2.45, 2.75) is 13.3 Å². The van der Waals surface area contributed by atoms with Gasteiger partial charge in [-0.15, -0.1) is 0 Å². The summed E-state index contributed by atoms with van der Waals surface area (Å²) < 4.78 is 19.0. The molecule has 1 aromatic rings. The van der Waals surface area contributed by atoms with Gasteiger partial charge in [-0.25, -0.2) is 4.39 Å². The normalized spacial score (nSPS) is 12.5. The molecular weight excluding hydrogens is 275 g/mol. The van der Waals surface area contributed by atoms with Crippen molar-refractivity contribution in [3.8, 4) is 0 Å². The molecule has 0 aliphatic heterocycles. The van der Waals surface area contributed by atoms with Gasteiger partial charge >= 0.3 is 0 Å². The topological polar surface area (TPSA) is 26.3 Å². The molecule has 4 heteroatoms. The molecule has 16 heavy (non-hydrogen) atoms. The van der Waals surface area contributed by atoms with Crippen LogP contribution < -0.4 is 0 Å². The molecule has 1 unspecified atom stereocenters. The van der Waals surface area contributed by atoms with E-state index in [1.54, 1.807) is 20.1 Å². The maximum atomic E-state index is 13.5. The summed E-state index contributed by atoms with van der Waals surface area (Å²) in [6.45, 7) is 2.29. The summed E-state index contributed by atoms with van der Waals surface area (Å²) in [5, 5.41) is 0. The average Bonchev–Trinajstić information content (AvgIpc) is 2.25. The van der Waals surface area contributed by atoms with Crippen LogP contribution in [0.3, 0.4) is 0 Å². The summed E-state index contributed by atoms with van der Waals surface area (Å²) >= 11 is 3.15. The summed E-state index contributed by atoms with van der Waals surface area (Å²) in [6, 6.07) is 4.47. The van der Waals surface area contributed by atoms with Gasteiger partial charge in [-0.1, -0.05) is 22.9 Å². The Morgan fingerprint density at radius 3 is 2.81 bits per heavy atom. The number of rotatable bonds is 5. The van der Waals surface area contributed by atoms with Gasteiger partial charge in [0.1, 0.15) is 5.82 Å². The average molecular weight is 289 g/mol. The monoisotopic (exact) mass is 288 g/mol. The molecular formula is C12H14BrFO2. The number of ether oxygens (including phenoxy) is 1. The second-order valence-electron chi connectivity index (χ2n) is 3.67. The van der Waals surface area contributed by atoms with E-state index in [0.717, 1.165) is 0 Å². The van der Waals surface area contributed by atoms with Gasteiger partial charge < -0.3 is 4.74 Å². The molecule has 0 saturated heterocycles. The van der Waals surface area contributed by atoms with Gasteiger partial charge in [0.05, 0.1) is 5.56 Å². The lowest BCUT2D eigenvalue weighted by Gasteiger charge is -2.10. The van der Waals surface area contributed by atoms with Gasteiger partial charge in [-0.05, 0) is 24.6 Å². The number of methoxy groups -OCH3 is 1. The van der Waals surface area contributed by atoms with Crippen LogP contribution in [-0.2, 0) is 4.74 Å². The summed E-state index contributed by atoms with van der Waals surface area (Å²) in [5.41, 5.74) is 0.145. The van der Waals surface area contributed by atoms with E-state index in [0.29, 0.717) is 17.5 Å². The molecule has 0 saturated carbocycles. The van der Waals surface area contributed by atoms with Crippen molar-refractivity contribution in [2.75, 3.05) is 13.7 Å². The van der Waals surface area contributed by atoms with Gasteiger partial charge in [0.15, 0.2) is 5.78 Å². The van der Waals surface area contributed by atoms with Crippen LogP contribution in [0.2, 0.25) is 0 Å². The standard InChI is InChI=1S/C12H14BrFO2/c1-8(5-6-16-2)12(15)10-4-3-9(13)7-11(10)14/h3-4,7-8H,5-6H2,1-2H3. The van der Waals surface area contributed by atoms with E-state index in [-0.39, 0.29) is 17.3 Å². The van der Waals surface area contributed by atoms with Gasteiger partial charge in [0.25, 0.3) is 0 Å². The van der Waals surface area contributed by atoms with Gasteiger partial charge in [0, 0.05) is 24.1 Å². The molecule has 0 spiro atoms. The van der Waals surface area contributed by atoms with E-state index in [1.807, 2.05) is 0 Å². The van der Waals surface area contributed by atoms with Crippen molar-refractivity contribution >= 4 is 21.7 Å². The quantitative estimate of drug-likeness (QED) is 0.776. The smallest absolute Gasteiger partial charge is 0.168 e. The van der Waals surface area contributed by atoms with Gasteiger partial charge in [0.2, 0.25) is 0 Å². The molecule has 0 radical (unpaired) electrons. The van der Waals surface area contributed by atoms with E-state index < -0.39 is 5.82 Å².